The van der Waals surface area contributed by atoms with Crippen LogP contribution in [0.4, 0.5) is 0 Å². The van der Waals surface area contributed by atoms with Gasteiger partial charge in [0.2, 0.25) is 0 Å². The Morgan fingerprint density at radius 2 is 1.21 bits per heavy atom. The molecule has 0 aromatic carbocycles. The van der Waals surface area contributed by atoms with Crippen LogP contribution in [0.5, 0.6) is 0 Å². The molecule has 2 heterocycles. The fraction of sp³-hybridized carbons (Fsp3) is 0.667. The molecule has 2 fully saturated rings. The second-order valence-electron chi connectivity index (χ2n) is 7.92. The van der Waals surface area contributed by atoms with Gasteiger partial charge >= 0.3 is 33.3 Å². The zero-order chi connectivity index (χ0) is 20.3. The molecular formula is C21H31Cl2MnN5. The van der Waals surface area contributed by atoms with Crippen LogP contribution in [-0.2, 0) is 13.1 Å². The third-order valence-electron chi connectivity index (χ3n) is 5.99. The van der Waals surface area contributed by atoms with Crippen LogP contribution in [0.15, 0.2) is 28.2 Å². The maximum atomic E-state index is 4.89. The Hall–Kier alpha value is -0.491. The zero-order valence-electron chi connectivity index (χ0n) is 16.7. The van der Waals surface area contributed by atoms with Gasteiger partial charge in [-0.15, -0.1) is 0 Å². The van der Waals surface area contributed by atoms with Crippen molar-refractivity contribution in [3.63, 3.8) is 0 Å². The summed E-state index contributed by atoms with van der Waals surface area (Å²) in [5, 5.41) is 7.52. The van der Waals surface area contributed by atoms with E-state index >= 15 is 0 Å². The minimum atomic E-state index is 0.00694. The molecule has 8 heteroatoms. The molecular weight excluding hydrogens is 448 g/mol. The van der Waals surface area contributed by atoms with Gasteiger partial charge in [0.05, 0.1) is 23.5 Å². The van der Waals surface area contributed by atoms with Crippen LogP contribution >= 0.6 is 20.2 Å². The van der Waals surface area contributed by atoms with Crippen molar-refractivity contribution in [2.75, 3.05) is 13.1 Å². The average molecular weight is 479 g/mol. The number of nitrogens with zero attached hydrogens (tertiary/aromatic N) is 3. The first kappa shape index (κ1) is 23.2. The summed E-state index contributed by atoms with van der Waals surface area (Å²) in [5.41, 5.74) is 1.87. The average Bonchev–Trinajstić information content (AvgIpc) is 2.76. The van der Waals surface area contributed by atoms with Crippen LogP contribution in [0, 0.1) is 0 Å². The van der Waals surface area contributed by atoms with E-state index in [9.17, 15) is 0 Å². The number of aromatic nitrogens is 1. The number of halogens is 2. The summed E-state index contributed by atoms with van der Waals surface area (Å²) in [7, 11) is 9.59. The van der Waals surface area contributed by atoms with Crippen LogP contribution in [0.1, 0.15) is 62.8 Å². The van der Waals surface area contributed by atoms with E-state index in [4.69, 9.17) is 35.2 Å². The number of nitrogens with one attached hydrogen (secondary N) is 2. The maximum absolute atomic E-state index is 4.89. The topological polar surface area (TPSA) is 61.7 Å². The molecule has 4 rings (SSSR count). The van der Waals surface area contributed by atoms with Crippen molar-refractivity contribution in [2.45, 2.75) is 75.5 Å². The van der Waals surface area contributed by atoms with Crippen LogP contribution in [-0.4, -0.2) is 54.7 Å². The van der Waals surface area contributed by atoms with E-state index in [1.165, 1.54) is 51.4 Å². The van der Waals surface area contributed by atoms with E-state index in [1.54, 1.807) is 0 Å². The third-order valence-corrected chi connectivity index (χ3v) is 5.99. The molecule has 3 aliphatic rings. The Morgan fingerprint density at radius 3 is 1.69 bits per heavy atom. The molecule has 0 amide bonds. The van der Waals surface area contributed by atoms with Gasteiger partial charge < -0.3 is 10.6 Å². The second-order valence-corrected chi connectivity index (χ2v) is 9.87. The first-order chi connectivity index (χ1) is 14.3. The van der Waals surface area contributed by atoms with Gasteiger partial charge in [-0.25, -0.2) is 4.98 Å². The van der Waals surface area contributed by atoms with Crippen molar-refractivity contribution < 1.29 is 13.1 Å². The predicted octanol–water partition coefficient (Wildman–Crippen LogP) is 4.11. The summed E-state index contributed by atoms with van der Waals surface area (Å²) >= 11 is 0.00694. The number of aliphatic imine (C=N–C) groups is 2. The van der Waals surface area contributed by atoms with Crippen molar-refractivity contribution in [3.8, 4) is 0 Å². The quantitative estimate of drug-likeness (QED) is 0.551. The zero-order valence-corrected chi connectivity index (χ0v) is 19.4. The van der Waals surface area contributed by atoms with Gasteiger partial charge in [0, 0.05) is 37.6 Å². The molecule has 5 nitrogen and oxygen atoms in total. The van der Waals surface area contributed by atoms with E-state index in [0.717, 1.165) is 24.5 Å². The molecule has 1 aromatic heterocycles. The summed E-state index contributed by atoms with van der Waals surface area (Å²) in [6.07, 6.45) is 13.9. The molecule has 161 valence electrons. The first-order valence-corrected chi connectivity index (χ1v) is 13.9. The Labute approximate surface area is 189 Å². The van der Waals surface area contributed by atoms with E-state index in [0.29, 0.717) is 24.2 Å². The van der Waals surface area contributed by atoms with E-state index in [2.05, 4.69) is 16.7 Å². The Morgan fingerprint density at radius 1 is 0.759 bits per heavy atom. The van der Waals surface area contributed by atoms with Crippen molar-refractivity contribution in [2.24, 2.45) is 9.98 Å². The van der Waals surface area contributed by atoms with Gasteiger partial charge in [-0.2, -0.15) is 0 Å². The molecule has 4 atom stereocenters. The summed E-state index contributed by atoms with van der Waals surface area (Å²) in [4.78, 5) is 14.5. The number of pyridine rings is 1. The van der Waals surface area contributed by atoms with Crippen LogP contribution < -0.4 is 10.6 Å². The minimum absolute atomic E-state index is 0.00694. The molecule has 0 radical (unpaired) electrons. The Bertz CT molecular complexity index is 621. The molecule has 1 aromatic rings. The van der Waals surface area contributed by atoms with Gasteiger partial charge in [-0.3, -0.25) is 9.98 Å². The summed E-state index contributed by atoms with van der Waals surface area (Å²) in [5.74, 6) is 0. The predicted molar refractivity (Wildman–Crippen MR) is 119 cm³/mol. The van der Waals surface area contributed by atoms with E-state index in [1.807, 2.05) is 24.6 Å². The third kappa shape index (κ3) is 7.61. The number of hydrogen-bond donors (Lipinski definition) is 2. The molecule has 2 aliphatic carbocycles. The van der Waals surface area contributed by atoms with Gasteiger partial charge in [0.25, 0.3) is 0 Å². The number of rotatable bonds is 0. The second kappa shape index (κ2) is 13.0. The van der Waals surface area contributed by atoms with Crippen LogP contribution in [0.3, 0.4) is 0 Å². The molecule has 0 spiro atoms. The van der Waals surface area contributed by atoms with Crippen LogP contribution in [0.25, 0.3) is 0 Å². The first-order valence-electron chi connectivity index (χ1n) is 10.7. The molecule has 2 N–H and O–H groups in total. The van der Waals surface area contributed by atoms with Gasteiger partial charge in [-0.05, 0) is 37.8 Å². The fourth-order valence-electron chi connectivity index (χ4n) is 4.53. The standard InChI is InChI=1S/C21H31N5.2ClH.Mn/c1-3-10-20-18(8-1)22-12-13-23-19-9-2-4-11-21(19)25-15-17-7-5-6-16(26-17)14-24-20;;;/h5-7,14-15,18-23H,1-4,8-13H2;2*1H;/q;;;+2/p-2/t18-,19-,20?,21?;;;/m1.../s1. The van der Waals surface area contributed by atoms with Crippen molar-refractivity contribution in [1.82, 2.24) is 15.6 Å². The fourth-order valence-corrected chi connectivity index (χ4v) is 4.53. The van der Waals surface area contributed by atoms with Gasteiger partial charge in [0.1, 0.15) is 0 Å². The summed E-state index contributed by atoms with van der Waals surface area (Å²) in [6.45, 7) is 2.02. The number of fused-ring (bicyclic) bond motifs is 4. The SMILES string of the molecule is C1=NC2CCCC[C@H]2NCCN[C@@H]2CCCCC2N=Cc2cccc1n2.[Cl][Mn][Cl]. The number of hydrogen-bond acceptors (Lipinski definition) is 5. The summed E-state index contributed by atoms with van der Waals surface area (Å²) < 4.78 is 0. The Balaban J connectivity index is 0.000000755. The van der Waals surface area contributed by atoms with E-state index < -0.39 is 0 Å². The molecule has 29 heavy (non-hydrogen) atoms. The van der Waals surface area contributed by atoms with Gasteiger partial charge in [-0.1, -0.05) is 31.7 Å². The normalized spacial score (nSPS) is 30.0. The monoisotopic (exact) mass is 478 g/mol. The van der Waals surface area contributed by atoms with Crippen molar-refractivity contribution >= 4 is 32.6 Å². The Kier molecular flexibility index (Phi) is 10.4. The molecule has 1 aliphatic heterocycles. The molecule has 2 bridgehead atoms. The molecule has 2 saturated carbocycles. The van der Waals surface area contributed by atoms with Crippen molar-refractivity contribution in [1.29, 1.82) is 0 Å². The molecule has 2 unspecified atom stereocenters. The van der Waals surface area contributed by atoms with Gasteiger partial charge in [0.15, 0.2) is 0 Å². The van der Waals surface area contributed by atoms with Crippen LogP contribution in [0.2, 0.25) is 0 Å². The van der Waals surface area contributed by atoms with Crippen molar-refractivity contribution in [3.05, 3.63) is 29.6 Å². The molecule has 0 saturated heterocycles. The summed E-state index contributed by atoms with van der Waals surface area (Å²) in [6, 6.07) is 7.86. The van der Waals surface area contributed by atoms with E-state index in [-0.39, 0.29) is 13.1 Å².